The van der Waals surface area contributed by atoms with Crippen LogP contribution in [0, 0.1) is 20.8 Å². The number of hydrogen-bond donors (Lipinski definition) is 7. The largest absolute Gasteiger partial charge is 0.379 e. The topological polar surface area (TPSA) is 259 Å². The van der Waals surface area contributed by atoms with E-state index in [4.69, 9.17) is 4.74 Å². The van der Waals surface area contributed by atoms with Crippen LogP contribution < -0.4 is 37.2 Å². The van der Waals surface area contributed by atoms with E-state index >= 15 is 0 Å². The first-order valence-electron chi connectivity index (χ1n) is 24.9. The lowest BCUT2D eigenvalue weighted by atomic mass is 10.1. The van der Waals surface area contributed by atoms with E-state index in [1.807, 2.05) is 100 Å². The summed E-state index contributed by atoms with van der Waals surface area (Å²) in [6, 6.07) is 20.9. The maximum atomic E-state index is 12.9. The molecule has 1 saturated heterocycles. The number of anilines is 9. The third-order valence-electron chi connectivity index (χ3n) is 10.4. The Morgan fingerprint density at radius 1 is 0.566 bits per heavy atom. The van der Waals surface area contributed by atoms with E-state index in [0.717, 1.165) is 22.4 Å². The monoisotopic (exact) mass is 1080 g/mol. The molecule has 0 saturated carbocycles. The summed E-state index contributed by atoms with van der Waals surface area (Å²) in [7, 11) is -6.80. The summed E-state index contributed by atoms with van der Waals surface area (Å²) in [4.78, 5) is 39.1. The van der Waals surface area contributed by atoms with Gasteiger partial charge in [0.15, 0.2) is 9.84 Å². The third-order valence-corrected chi connectivity index (χ3v) is 13.4. The number of morpholine rings is 1. The van der Waals surface area contributed by atoms with Crippen molar-refractivity contribution in [2.24, 2.45) is 0 Å². The van der Waals surface area contributed by atoms with Crippen LogP contribution in [0.1, 0.15) is 103 Å². The van der Waals surface area contributed by atoms with Gasteiger partial charge in [-0.15, -0.1) is 0 Å². The lowest BCUT2D eigenvalue weighted by molar-refractivity contribution is 0.0730. The van der Waals surface area contributed by atoms with Crippen LogP contribution in [0.3, 0.4) is 0 Å². The van der Waals surface area contributed by atoms with E-state index in [0.29, 0.717) is 78.5 Å². The second-order valence-electron chi connectivity index (χ2n) is 21.7. The Balaban J connectivity index is 0.000000212. The Bertz CT molecular complexity index is 3170. The van der Waals surface area contributed by atoms with Gasteiger partial charge in [0.1, 0.15) is 17.5 Å². The number of carbonyl (C=O) groups is 1. The highest BCUT2D eigenvalue weighted by Gasteiger charge is 2.27. The van der Waals surface area contributed by atoms with Crippen LogP contribution in [0.4, 0.5) is 52.4 Å². The van der Waals surface area contributed by atoms with E-state index < -0.39 is 19.9 Å². The smallest absolute Gasteiger partial charge is 0.251 e. The molecule has 7 rings (SSSR count). The van der Waals surface area contributed by atoms with Gasteiger partial charge >= 0.3 is 0 Å². The molecule has 410 valence electrons. The summed E-state index contributed by atoms with van der Waals surface area (Å²) in [5.41, 5.74) is 4.95. The van der Waals surface area contributed by atoms with Crippen LogP contribution in [0.25, 0.3) is 0 Å². The Hall–Kier alpha value is -7.01. The normalized spacial score (nSPS) is 13.3. The summed E-state index contributed by atoms with van der Waals surface area (Å²) in [5, 5.41) is 22.2. The number of aryl methyl sites for hydroxylation is 3. The molecule has 0 unspecified atom stereocenters. The standard InChI is InChI=1S/C19H27N5O3S.C19H27N5O.C16H22N4O2S/c1-14-13-20-18(23-19(2,3)4)22-17(14)21-15-6-5-7-16(12-15)28(25,26)24-8-10-27-11-9-24;1-12(2)21-17(25)14-8-7-9-15(10-14)22-16-13(3)11-20-18(23-16)24-19(4,5)6;1-11-10-17-15(20-16(2,3)4)19-14(11)18-12-7-6-8-13(9-12)23(5,21)22/h5-7,12-13H,8-11H2,1-4H3,(H2,20,21,22,23);7-12H,1-6H3,(H,21,25)(H2,20,22,23,24);6-10H,1-5H3,(H2,17,18,19,20). The van der Waals surface area contributed by atoms with Crippen LogP contribution in [0.15, 0.2) is 101 Å². The number of aromatic nitrogens is 6. The molecular weight excluding hydrogens is 1000 g/mol. The number of nitrogens with zero attached hydrogens (tertiary/aromatic N) is 7. The van der Waals surface area contributed by atoms with Gasteiger partial charge in [-0.3, -0.25) is 4.79 Å². The van der Waals surface area contributed by atoms with Gasteiger partial charge in [-0.2, -0.15) is 19.3 Å². The molecule has 4 heterocycles. The molecule has 6 aromatic rings. The fourth-order valence-electron chi connectivity index (χ4n) is 6.86. The van der Waals surface area contributed by atoms with Crippen molar-refractivity contribution in [1.82, 2.24) is 39.5 Å². The lowest BCUT2D eigenvalue weighted by Gasteiger charge is -2.26. The quantitative estimate of drug-likeness (QED) is 0.0535. The van der Waals surface area contributed by atoms with Gasteiger partial charge in [-0.25, -0.2) is 31.8 Å². The van der Waals surface area contributed by atoms with Crippen LogP contribution >= 0.6 is 0 Å². The number of rotatable bonds is 14. The summed E-state index contributed by atoms with van der Waals surface area (Å²) in [6.07, 6.45) is 6.42. The predicted octanol–water partition coefficient (Wildman–Crippen LogP) is 9.78. The number of carbonyl (C=O) groups excluding carboxylic acids is 1. The Morgan fingerprint density at radius 2 is 0.934 bits per heavy atom. The number of ether oxygens (including phenoxy) is 1. The van der Waals surface area contributed by atoms with E-state index in [9.17, 15) is 21.6 Å². The molecule has 7 N–H and O–H groups in total. The minimum atomic E-state index is -3.55. The Labute approximate surface area is 449 Å². The van der Waals surface area contributed by atoms with Crippen molar-refractivity contribution in [3.63, 3.8) is 0 Å². The molecule has 20 nitrogen and oxygen atoms in total. The third kappa shape index (κ3) is 19.3. The SMILES string of the molecule is Cc1cnc(NC(C)(C)C)nc1Nc1cccc(C(=O)NC(C)C)c1.Cc1cnc(NC(C)(C)C)nc1Nc1cccc(S(=O)(=O)N2CCOCC2)c1.Cc1cnc(NC(C)(C)C)nc1Nc1cccc(S(C)(=O)=O)c1. The summed E-state index contributed by atoms with van der Waals surface area (Å²) in [5.74, 6) is 3.48. The highest BCUT2D eigenvalue weighted by Crippen LogP contribution is 2.27. The first-order valence-corrected chi connectivity index (χ1v) is 28.2. The average Bonchev–Trinajstić information content (AvgIpc) is 3.31. The molecule has 1 amide bonds. The molecular formula is C54H76N14O6S2. The zero-order valence-corrected chi connectivity index (χ0v) is 48.1. The van der Waals surface area contributed by atoms with E-state index in [2.05, 4.69) is 87.9 Å². The number of nitrogens with one attached hydrogen (secondary N) is 7. The molecule has 3 aromatic heterocycles. The fourth-order valence-corrected chi connectivity index (χ4v) is 8.98. The van der Waals surface area contributed by atoms with Gasteiger partial charge in [-0.1, -0.05) is 18.2 Å². The number of hydrogen-bond acceptors (Lipinski definition) is 18. The maximum Gasteiger partial charge on any atom is 0.251 e. The molecule has 76 heavy (non-hydrogen) atoms. The highest BCUT2D eigenvalue weighted by atomic mass is 32.2. The second kappa shape index (κ2) is 25.2. The maximum absolute atomic E-state index is 12.9. The molecule has 3 aromatic carbocycles. The van der Waals surface area contributed by atoms with Gasteiger partial charge in [0, 0.05) is 99.9 Å². The van der Waals surface area contributed by atoms with Gasteiger partial charge in [-0.05, 0) is 152 Å². The minimum absolute atomic E-state index is 0.0897. The molecule has 1 aliphatic heterocycles. The number of benzene rings is 3. The first-order chi connectivity index (χ1) is 35.3. The Kier molecular flexibility index (Phi) is 19.9. The van der Waals surface area contributed by atoms with E-state index in [1.165, 1.54) is 10.6 Å². The van der Waals surface area contributed by atoms with E-state index in [-0.39, 0.29) is 38.4 Å². The predicted molar refractivity (Wildman–Crippen MR) is 305 cm³/mol. The zero-order chi connectivity index (χ0) is 56.2. The van der Waals surface area contributed by atoms with Crippen LogP contribution in [0.2, 0.25) is 0 Å². The molecule has 1 fully saturated rings. The molecule has 1 aliphatic rings. The Morgan fingerprint density at radius 3 is 1.32 bits per heavy atom. The van der Waals surface area contributed by atoms with Crippen molar-refractivity contribution in [1.29, 1.82) is 0 Å². The summed E-state index contributed by atoms with van der Waals surface area (Å²) < 4.78 is 55.8. The van der Waals surface area contributed by atoms with Crippen LogP contribution in [-0.2, 0) is 24.6 Å². The second-order valence-corrected chi connectivity index (χ2v) is 25.7. The summed E-state index contributed by atoms with van der Waals surface area (Å²) in [6.45, 7) is 29.5. The van der Waals surface area contributed by atoms with Crippen molar-refractivity contribution < 1.29 is 26.4 Å². The molecule has 22 heteroatoms. The minimum Gasteiger partial charge on any atom is -0.379 e. The number of amides is 1. The van der Waals surface area contributed by atoms with Gasteiger partial charge in [0.05, 0.1) is 23.0 Å². The van der Waals surface area contributed by atoms with Crippen molar-refractivity contribution in [3.8, 4) is 0 Å². The molecule has 0 atom stereocenters. The molecule has 0 spiro atoms. The molecule has 0 aliphatic carbocycles. The van der Waals surface area contributed by atoms with Crippen LogP contribution in [-0.4, -0.2) is 112 Å². The van der Waals surface area contributed by atoms with Crippen LogP contribution in [0.5, 0.6) is 0 Å². The average molecular weight is 1080 g/mol. The molecule has 0 radical (unpaired) electrons. The first kappa shape index (κ1) is 59.9. The number of sulfonamides is 1. The van der Waals surface area contributed by atoms with Gasteiger partial charge in [0.25, 0.3) is 5.91 Å². The summed E-state index contributed by atoms with van der Waals surface area (Å²) >= 11 is 0. The van der Waals surface area contributed by atoms with Gasteiger partial charge < -0.3 is 42.0 Å². The lowest BCUT2D eigenvalue weighted by Crippen LogP contribution is -2.40. The van der Waals surface area contributed by atoms with E-state index in [1.54, 1.807) is 67.1 Å². The molecule has 0 bridgehead atoms. The van der Waals surface area contributed by atoms with Crippen molar-refractivity contribution >= 4 is 78.1 Å². The highest BCUT2D eigenvalue weighted by molar-refractivity contribution is 7.90. The van der Waals surface area contributed by atoms with Crippen molar-refractivity contribution in [2.75, 3.05) is 64.5 Å². The van der Waals surface area contributed by atoms with Crippen molar-refractivity contribution in [3.05, 3.63) is 114 Å². The number of sulfone groups is 1. The van der Waals surface area contributed by atoms with Gasteiger partial charge in [0.2, 0.25) is 27.9 Å². The fraction of sp³-hybridized carbons (Fsp3) is 0.426. The zero-order valence-electron chi connectivity index (χ0n) is 46.5. The van der Waals surface area contributed by atoms with Crippen molar-refractivity contribution in [2.45, 2.75) is 129 Å².